The van der Waals surface area contributed by atoms with Gasteiger partial charge in [0.05, 0.1) is 20.6 Å². The molecule has 0 unspecified atom stereocenters. The first-order valence-corrected chi connectivity index (χ1v) is 16.0. The zero-order valence-corrected chi connectivity index (χ0v) is 25.6. The number of aryl methyl sites for hydroxylation is 1. The lowest BCUT2D eigenvalue weighted by Crippen LogP contribution is -2.53. The van der Waals surface area contributed by atoms with Gasteiger partial charge in [-0.15, -0.1) is 0 Å². The van der Waals surface area contributed by atoms with Gasteiger partial charge in [-0.05, 0) is 68.1 Å². The van der Waals surface area contributed by atoms with Crippen molar-refractivity contribution >= 4 is 50.7 Å². The molecule has 0 radical (unpaired) electrons. The van der Waals surface area contributed by atoms with Gasteiger partial charge in [-0.1, -0.05) is 84.9 Å². The van der Waals surface area contributed by atoms with Gasteiger partial charge in [-0.2, -0.15) is 0 Å². The molecule has 3 aromatic rings. The first-order chi connectivity index (χ1) is 19.6. The first kappa shape index (κ1) is 30.9. The molecule has 1 N–H and O–H groups in total. The molecule has 0 spiro atoms. The molecule has 0 aromatic heterocycles. The van der Waals surface area contributed by atoms with Gasteiger partial charge < -0.3 is 10.2 Å². The number of nitrogens with one attached hydrogen (secondary N) is 1. The van der Waals surface area contributed by atoms with E-state index in [0.29, 0.717) is 27.7 Å². The van der Waals surface area contributed by atoms with Crippen molar-refractivity contribution < 1.29 is 18.0 Å². The standard InChI is InChI=1S/C31H35Cl2N3O4S/c1-3-29(31(38)34-24-9-7-8-10-24)35(20-23-15-18-27(32)28(33)19-23)30(37)21-36(25-11-5-4-6-12-25)41(39,40)26-16-13-22(2)14-17-26/h4-6,11-19,24,29H,3,7-10,20-21H2,1-2H3,(H,34,38)/t29-/m0/s1. The largest absolute Gasteiger partial charge is 0.352 e. The molecular weight excluding hydrogens is 581 g/mol. The van der Waals surface area contributed by atoms with Crippen LogP contribution >= 0.6 is 23.2 Å². The van der Waals surface area contributed by atoms with E-state index in [1.165, 1.54) is 17.0 Å². The Morgan fingerprint density at radius 1 is 0.951 bits per heavy atom. The third-order valence-electron chi connectivity index (χ3n) is 7.36. The second-order valence-electron chi connectivity index (χ2n) is 10.3. The summed E-state index contributed by atoms with van der Waals surface area (Å²) < 4.78 is 28.9. The molecule has 7 nitrogen and oxygen atoms in total. The highest BCUT2D eigenvalue weighted by Crippen LogP contribution is 2.27. The van der Waals surface area contributed by atoms with E-state index < -0.39 is 28.5 Å². The predicted molar refractivity (Wildman–Crippen MR) is 164 cm³/mol. The number of amides is 2. The zero-order valence-electron chi connectivity index (χ0n) is 23.2. The van der Waals surface area contributed by atoms with Crippen molar-refractivity contribution in [2.45, 2.75) is 69.5 Å². The number of rotatable bonds is 11. The summed E-state index contributed by atoms with van der Waals surface area (Å²) in [5.74, 6) is -0.760. The summed E-state index contributed by atoms with van der Waals surface area (Å²) in [5, 5.41) is 3.81. The molecule has 218 valence electrons. The van der Waals surface area contributed by atoms with Crippen LogP contribution in [0.5, 0.6) is 0 Å². The molecule has 10 heteroatoms. The van der Waals surface area contributed by atoms with Crippen LogP contribution in [0.2, 0.25) is 10.0 Å². The summed E-state index contributed by atoms with van der Waals surface area (Å²) in [4.78, 5) is 29.2. The third kappa shape index (κ3) is 7.61. The summed E-state index contributed by atoms with van der Waals surface area (Å²) in [5.41, 5.74) is 1.94. The van der Waals surface area contributed by atoms with E-state index in [0.717, 1.165) is 35.6 Å². The van der Waals surface area contributed by atoms with Crippen molar-refractivity contribution in [3.05, 3.63) is 94.0 Å². The van der Waals surface area contributed by atoms with Gasteiger partial charge in [0.25, 0.3) is 10.0 Å². The predicted octanol–water partition coefficient (Wildman–Crippen LogP) is 6.36. The second kappa shape index (κ2) is 13.7. The molecule has 1 aliphatic carbocycles. The molecule has 0 saturated heterocycles. The molecule has 2 amide bonds. The molecule has 3 aromatic carbocycles. The molecule has 1 fully saturated rings. The molecule has 0 heterocycles. The molecule has 4 rings (SSSR count). The lowest BCUT2D eigenvalue weighted by atomic mass is 10.1. The fraction of sp³-hybridized carbons (Fsp3) is 0.355. The van der Waals surface area contributed by atoms with E-state index in [1.54, 1.807) is 60.7 Å². The lowest BCUT2D eigenvalue weighted by Gasteiger charge is -2.33. The van der Waals surface area contributed by atoms with Crippen molar-refractivity contribution in [2.24, 2.45) is 0 Å². The number of hydrogen-bond donors (Lipinski definition) is 1. The molecule has 1 atom stereocenters. The van der Waals surface area contributed by atoms with Crippen molar-refractivity contribution in [3.63, 3.8) is 0 Å². The highest BCUT2D eigenvalue weighted by atomic mass is 35.5. The lowest BCUT2D eigenvalue weighted by molar-refractivity contribution is -0.140. The van der Waals surface area contributed by atoms with Gasteiger partial charge in [-0.25, -0.2) is 8.42 Å². The Morgan fingerprint density at radius 3 is 2.22 bits per heavy atom. The number of sulfonamides is 1. The molecule has 0 bridgehead atoms. The van der Waals surface area contributed by atoms with E-state index >= 15 is 0 Å². The van der Waals surface area contributed by atoms with Crippen molar-refractivity contribution in [2.75, 3.05) is 10.8 Å². The van der Waals surface area contributed by atoms with Gasteiger partial charge in [0.2, 0.25) is 11.8 Å². The number of para-hydroxylation sites is 1. The highest BCUT2D eigenvalue weighted by molar-refractivity contribution is 7.92. The molecule has 41 heavy (non-hydrogen) atoms. The fourth-order valence-corrected chi connectivity index (χ4v) is 6.82. The third-order valence-corrected chi connectivity index (χ3v) is 9.88. The average molecular weight is 617 g/mol. The van der Waals surface area contributed by atoms with Crippen molar-refractivity contribution in [3.8, 4) is 0 Å². The van der Waals surface area contributed by atoms with Gasteiger partial charge in [-0.3, -0.25) is 13.9 Å². The molecule has 0 aliphatic heterocycles. The SMILES string of the molecule is CC[C@@H](C(=O)NC1CCCC1)N(Cc1ccc(Cl)c(Cl)c1)C(=O)CN(c1ccccc1)S(=O)(=O)c1ccc(C)cc1. The van der Waals surface area contributed by atoms with Gasteiger partial charge >= 0.3 is 0 Å². The van der Waals surface area contributed by atoms with Crippen LogP contribution in [0.3, 0.4) is 0 Å². The quantitative estimate of drug-likeness (QED) is 0.272. The van der Waals surface area contributed by atoms with Crippen LogP contribution < -0.4 is 9.62 Å². The Kier molecular flexibility index (Phi) is 10.3. The van der Waals surface area contributed by atoms with Crippen LogP contribution in [-0.2, 0) is 26.2 Å². The number of carbonyl (C=O) groups excluding carboxylic acids is 2. The van der Waals surface area contributed by atoms with E-state index in [9.17, 15) is 18.0 Å². The second-order valence-corrected chi connectivity index (χ2v) is 13.0. The first-order valence-electron chi connectivity index (χ1n) is 13.8. The number of benzene rings is 3. The molecular formula is C31H35Cl2N3O4S. The zero-order chi connectivity index (χ0) is 29.6. The molecule has 1 aliphatic rings. The van der Waals surface area contributed by atoms with Crippen LogP contribution in [0, 0.1) is 6.92 Å². The summed E-state index contributed by atoms with van der Waals surface area (Å²) in [6.45, 7) is 3.28. The molecule has 1 saturated carbocycles. The van der Waals surface area contributed by atoms with Crippen LogP contribution in [0.1, 0.15) is 50.2 Å². The number of anilines is 1. The Labute approximate surface area is 252 Å². The topological polar surface area (TPSA) is 86.8 Å². The maximum absolute atomic E-state index is 14.1. The van der Waals surface area contributed by atoms with E-state index in [4.69, 9.17) is 23.2 Å². The van der Waals surface area contributed by atoms with Gasteiger partial charge in [0.15, 0.2) is 0 Å². The Hall–Kier alpha value is -3.07. The summed E-state index contributed by atoms with van der Waals surface area (Å²) >= 11 is 12.4. The van der Waals surface area contributed by atoms with Gasteiger partial charge in [0.1, 0.15) is 12.6 Å². The number of halogens is 2. The van der Waals surface area contributed by atoms with Crippen LogP contribution in [-0.4, -0.2) is 43.8 Å². The number of nitrogens with zero attached hydrogens (tertiary/aromatic N) is 2. The minimum absolute atomic E-state index is 0.0551. The summed E-state index contributed by atoms with van der Waals surface area (Å²) in [7, 11) is -4.11. The van der Waals surface area contributed by atoms with Crippen LogP contribution in [0.25, 0.3) is 0 Å². The minimum Gasteiger partial charge on any atom is -0.352 e. The van der Waals surface area contributed by atoms with E-state index in [1.807, 2.05) is 13.8 Å². The maximum Gasteiger partial charge on any atom is 0.264 e. The van der Waals surface area contributed by atoms with Crippen LogP contribution in [0.15, 0.2) is 77.7 Å². The Bertz CT molecular complexity index is 1460. The number of carbonyl (C=O) groups is 2. The number of hydrogen-bond acceptors (Lipinski definition) is 4. The fourth-order valence-electron chi connectivity index (χ4n) is 5.08. The Morgan fingerprint density at radius 2 is 1.61 bits per heavy atom. The summed E-state index contributed by atoms with van der Waals surface area (Å²) in [6, 6.07) is 19.3. The maximum atomic E-state index is 14.1. The van der Waals surface area contributed by atoms with Crippen molar-refractivity contribution in [1.82, 2.24) is 10.2 Å². The highest BCUT2D eigenvalue weighted by Gasteiger charge is 2.34. The summed E-state index contributed by atoms with van der Waals surface area (Å²) in [6.07, 6.45) is 4.26. The smallest absolute Gasteiger partial charge is 0.264 e. The van der Waals surface area contributed by atoms with Crippen LogP contribution in [0.4, 0.5) is 5.69 Å². The average Bonchev–Trinajstić information content (AvgIpc) is 3.47. The van der Waals surface area contributed by atoms with Gasteiger partial charge in [0, 0.05) is 12.6 Å². The minimum atomic E-state index is -4.11. The Balaban J connectivity index is 1.70. The van der Waals surface area contributed by atoms with E-state index in [-0.39, 0.29) is 23.4 Å². The normalized spacial score (nSPS) is 14.4. The monoisotopic (exact) mass is 615 g/mol. The van der Waals surface area contributed by atoms with Crippen molar-refractivity contribution in [1.29, 1.82) is 0 Å². The van der Waals surface area contributed by atoms with E-state index in [2.05, 4.69) is 5.32 Å².